The van der Waals surface area contributed by atoms with Gasteiger partial charge in [0.2, 0.25) is 11.8 Å². The number of hydrogen-bond donors (Lipinski definition) is 2. The SMILES string of the molecule is COCCC[C@@H](NC(=O)[C@@H]1CCCN1C(=O)[C@@H](Cc1ccccc1)NC(=O)OCc1ccccc1)B1O[C@@H]2CC3CC(C3(C)C)[C@]2(C)O1. The Kier molecular flexibility index (Phi) is 10.5. The lowest BCUT2D eigenvalue weighted by atomic mass is 9.43. The number of likely N-dealkylation sites (tertiary alicyclic amines) is 1. The molecule has 11 heteroatoms. The van der Waals surface area contributed by atoms with Crippen LogP contribution in [-0.4, -0.2) is 79.9 Å². The van der Waals surface area contributed by atoms with Crippen LogP contribution in [0.25, 0.3) is 0 Å². The zero-order chi connectivity index (χ0) is 33.9. The van der Waals surface area contributed by atoms with Crippen LogP contribution in [0.15, 0.2) is 60.7 Å². The summed E-state index contributed by atoms with van der Waals surface area (Å²) in [7, 11) is 1.09. The van der Waals surface area contributed by atoms with Crippen LogP contribution in [0.2, 0.25) is 0 Å². The van der Waals surface area contributed by atoms with Gasteiger partial charge in [0, 0.05) is 26.7 Å². The van der Waals surface area contributed by atoms with Gasteiger partial charge in [0.25, 0.3) is 0 Å². The van der Waals surface area contributed by atoms with E-state index in [-0.39, 0.29) is 42.3 Å². The van der Waals surface area contributed by atoms with Crippen molar-refractivity contribution < 1.29 is 33.2 Å². The van der Waals surface area contributed by atoms with Crippen molar-refractivity contribution in [1.29, 1.82) is 0 Å². The standard InChI is InChI=1S/C37H50BN3O7/c1-36(2)27-22-30(36)37(3)31(23-27)47-38(48-37)32(18-12-20-45-4)40-33(42)29-17-11-19-41(29)34(43)28(21-25-13-7-5-8-14-25)39-35(44)46-24-26-15-9-6-10-16-26/h5-10,13-16,27-32H,11-12,17-24H2,1-4H3,(H,39,44)(H,40,42)/t27?,28-,29+,30?,31-,32-,37+/m1/s1. The van der Waals surface area contributed by atoms with E-state index in [4.69, 9.17) is 18.8 Å². The van der Waals surface area contributed by atoms with Gasteiger partial charge < -0.3 is 34.3 Å². The van der Waals surface area contributed by atoms with E-state index in [9.17, 15) is 14.4 Å². The molecule has 2 saturated heterocycles. The monoisotopic (exact) mass is 659 g/mol. The summed E-state index contributed by atoms with van der Waals surface area (Å²) in [6.45, 7) is 7.90. The lowest BCUT2D eigenvalue weighted by Crippen LogP contribution is -2.65. The van der Waals surface area contributed by atoms with Gasteiger partial charge in [-0.25, -0.2) is 4.79 Å². The molecule has 10 nitrogen and oxygen atoms in total. The molecule has 2 unspecified atom stereocenters. The quantitative estimate of drug-likeness (QED) is 0.237. The molecule has 0 aromatic heterocycles. The van der Waals surface area contributed by atoms with Gasteiger partial charge in [-0.05, 0) is 73.8 Å². The van der Waals surface area contributed by atoms with Crippen molar-refractivity contribution in [2.24, 2.45) is 17.3 Å². The normalized spacial score (nSPS) is 28.2. The molecule has 2 aromatic carbocycles. The molecule has 2 N–H and O–H groups in total. The predicted octanol–water partition coefficient (Wildman–Crippen LogP) is 4.69. The summed E-state index contributed by atoms with van der Waals surface area (Å²) in [6.07, 6.45) is 4.26. The van der Waals surface area contributed by atoms with Gasteiger partial charge >= 0.3 is 13.2 Å². The van der Waals surface area contributed by atoms with Gasteiger partial charge in [-0.1, -0.05) is 74.5 Å². The zero-order valence-electron chi connectivity index (χ0n) is 28.7. The maximum Gasteiger partial charge on any atom is 0.481 e. The third-order valence-electron chi connectivity index (χ3n) is 11.4. The molecule has 5 fully saturated rings. The van der Waals surface area contributed by atoms with Crippen molar-refractivity contribution in [3.8, 4) is 0 Å². The summed E-state index contributed by atoms with van der Waals surface area (Å²) in [6, 6.07) is 17.3. The molecule has 2 aliphatic heterocycles. The summed E-state index contributed by atoms with van der Waals surface area (Å²) in [4.78, 5) is 42.7. The van der Waals surface area contributed by atoms with Crippen LogP contribution in [0.4, 0.5) is 4.79 Å². The van der Waals surface area contributed by atoms with E-state index in [1.54, 1.807) is 12.0 Å². The summed E-state index contributed by atoms with van der Waals surface area (Å²) >= 11 is 0. The first-order valence-corrected chi connectivity index (χ1v) is 17.5. The van der Waals surface area contributed by atoms with Crippen molar-refractivity contribution in [2.75, 3.05) is 20.3 Å². The first kappa shape index (κ1) is 34.5. The van der Waals surface area contributed by atoms with Gasteiger partial charge in [0.05, 0.1) is 17.6 Å². The van der Waals surface area contributed by atoms with E-state index >= 15 is 0 Å². The van der Waals surface area contributed by atoms with E-state index in [0.717, 1.165) is 30.4 Å². The van der Waals surface area contributed by atoms with E-state index in [1.807, 2.05) is 60.7 Å². The highest BCUT2D eigenvalue weighted by molar-refractivity contribution is 6.47. The average molecular weight is 660 g/mol. The van der Waals surface area contributed by atoms with Crippen LogP contribution in [0, 0.1) is 17.3 Å². The fourth-order valence-corrected chi connectivity index (χ4v) is 8.53. The lowest BCUT2D eigenvalue weighted by Gasteiger charge is -2.64. The third kappa shape index (κ3) is 7.14. The van der Waals surface area contributed by atoms with E-state index in [1.165, 1.54) is 0 Å². The largest absolute Gasteiger partial charge is 0.481 e. The van der Waals surface area contributed by atoms with Crippen molar-refractivity contribution in [3.63, 3.8) is 0 Å². The fraction of sp³-hybridized carbons (Fsp3) is 0.595. The van der Waals surface area contributed by atoms with Crippen LogP contribution < -0.4 is 10.6 Å². The number of benzene rings is 2. The number of hydrogen-bond acceptors (Lipinski definition) is 7. The van der Waals surface area contributed by atoms with E-state index < -0.39 is 30.9 Å². The van der Waals surface area contributed by atoms with Crippen molar-refractivity contribution in [2.45, 2.75) is 102 Å². The molecule has 2 heterocycles. The minimum atomic E-state index is -0.902. The number of nitrogens with zero attached hydrogens (tertiary/aromatic N) is 1. The summed E-state index contributed by atoms with van der Waals surface area (Å²) in [5.41, 5.74) is 1.55. The number of rotatable bonds is 13. The molecule has 48 heavy (non-hydrogen) atoms. The maximum atomic E-state index is 14.2. The van der Waals surface area contributed by atoms with Crippen LogP contribution in [0.1, 0.15) is 70.4 Å². The third-order valence-corrected chi connectivity index (χ3v) is 11.4. The highest BCUT2D eigenvalue weighted by atomic mass is 16.7. The fourth-order valence-electron chi connectivity index (χ4n) is 8.53. The first-order valence-electron chi connectivity index (χ1n) is 17.5. The molecule has 258 valence electrons. The van der Waals surface area contributed by atoms with Gasteiger partial charge in [-0.2, -0.15) is 0 Å². The topological polar surface area (TPSA) is 115 Å². The molecule has 2 bridgehead atoms. The second-order valence-corrected chi connectivity index (χ2v) is 14.7. The van der Waals surface area contributed by atoms with E-state index in [0.29, 0.717) is 44.2 Å². The highest BCUT2D eigenvalue weighted by Crippen LogP contribution is 2.65. The van der Waals surface area contributed by atoms with Crippen molar-refractivity contribution in [3.05, 3.63) is 71.8 Å². The molecular weight excluding hydrogens is 609 g/mol. The van der Waals surface area contributed by atoms with Crippen LogP contribution in [-0.2, 0) is 41.4 Å². The molecule has 3 saturated carbocycles. The molecular formula is C37H50BN3O7. The molecule has 0 spiro atoms. The van der Waals surface area contributed by atoms with Gasteiger partial charge in [0.1, 0.15) is 18.7 Å². The number of nitrogens with one attached hydrogen (secondary N) is 2. The molecule has 0 radical (unpaired) electrons. The Morgan fingerprint density at radius 1 is 1.00 bits per heavy atom. The molecule has 5 aliphatic rings. The lowest BCUT2D eigenvalue weighted by molar-refractivity contribution is -0.199. The smallest absolute Gasteiger partial charge is 0.445 e. The molecule has 7 atom stereocenters. The van der Waals surface area contributed by atoms with Gasteiger partial charge in [0.15, 0.2) is 0 Å². The summed E-state index contributed by atoms with van der Waals surface area (Å²) in [5.74, 6) is 0.100. The van der Waals surface area contributed by atoms with Crippen LogP contribution >= 0.6 is 0 Å². The number of ether oxygens (including phenoxy) is 2. The zero-order valence-corrected chi connectivity index (χ0v) is 28.7. The predicted molar refractivity (Wildman–Crippen MR) is 182 cm³/mol. The number of carbonyl (C=O) groups is 3. The number of carbonyl (C=O) groups excluding carboxylic acids is 3. The molecule has 2 aromatic rings. The summed E-state index contributed by atoms with van der Waals surface area (Å²) in [5, 5.41) is 6.04. The van der Waals surface area contributed by atoms with Crippen LogP contribution in [0.5, 0.6) is 0 Å². The Morgan fingerprint density at radius 3 is 2.40 bits per heavy atom. The highest BCUT2D eigenvalue weighted by Gasteiger charge is 2.68. The first-order chi connectivity index (χ1) is 23.1. The molecule has 3 amide bonds. The van der Waals surface area contributed by atoms with Crippen molar-refractivity contribution in [1.82, 2.24) is 15.5 Å². The van der Waals surface area contributed by atoms with Gasteiger partial charge in [-0.3, -0.25) is 9.59 Å². The Bertz CT molecular complexity index is 1430. The maximum absolute atomic E-state index is 14.2. The Hall–Kier alpha value is -3.41. The minimum Gasteiger partial charge on any atom is -0.445 e. The number of amides is 3. The van der Waals surface area contributed by atoms with Crippen molar-refractivity contribution >= 4 is 25.0 Å². The minimum absolute atomic E-state index is 0.00266. The Morgan fingerprint density at radius 2 is 1.71 bits per heavy atom. The molecule has 3 aliphatic carbocycles. The Labute approximate surface area is 284 Å². The summed E-state index contributed by atoms with van der Waals surface area (Å²) < 4.78 is 24.1. The Balaban J connectivity index is 1.14. The van der Waals surface area contributed by atoms with E-state index in [2.05, 4.69) is 31.4 Å². The average Bonchev–Trinajstić information content (AvgIpc) is 3.72. The number of alkyl carbamates (subject to hydrolysis) is 1. The van der Waals surface area contributed by atoms with Crippen LogP contribution in [0.3, 0.4) is 0 Å². The number of methoxy groups -OCH3 is 1. The second-order valence-electron chi connectivity index (χ2n) is 14.7. The van der Waals surface area contributed by atoms with Gasteiger partial charge in [-0.15, -0.1) is 0 Å². The molecule has 7 rings (SSSR count). The second kappa shape index (κ2) is 14.6.